The molecule has 0 bridgehead atoms. The number of hydrogen-bond acceptors (Lipinski definition) is 6. The van der Waals surface area contributed by atoms with E-state index in [0.717, 1.165) is 25.2 Å². The van der Waals surface area contributed by atoms with Gasteiger partial charge in [-0.1, -0.05) is 6.07 Å². The summed E-state index contributed by atoms with van der Waals surface area (Å²) in [5.41, 5.74) is 1.05. The Morgan fingerprint density at radius 2 is 1.60 bits per heavy atom. The highest BCUT2D eigenvalue weighted by atomic mass is 16.5. The zero-order valence-electron chi connectivity index (χ0n) is 12.3. The highest BCUT2D eigenvalue weighted by Crippen LogP contribution is 2.40. The third-order valence-electron chi connectivity index (χ3n) is 3.53. The zero-order valence-corrected chi connectivity index (χ0v) is 12.3. The van der Waals surface area contributed by atoms with Crippen LogP contribution in [-0.2, 0) is 6.54 Å². The molecule has 0 atom stereocenters. The topological polar surface area (TPSA) is 54.4 Å². The van der Waals surface area contributed by atoms with E-state index in [1.165, 1.54) is 5.06 Å². The number of methoxy groups -OCH3 is 3. The maximum Gasteiger partial charge on any atom is 0.203 e. The lowest BCUT2D eigenvalue weighted by molar-refractivity contribution is -0.118. The largest absolute Gasteiger partial charge is 0.493 e. The standard InChI is InChI=1S/C14H22N2O4/c1-18-12-5-4-11(13(19-2)14(12)20-3)10-15-6-8-16(17)9-7-15/h4-5,17H,6-10H2,1-3H3. The molecule has 1 aromatic carbocycles. The number of rotatable bonds is 5. The first-order chi connectivity index (χ1) is 9.69. The molecule has 6 nitrogen and oxygen atoms in total. The van der Waals surface area contributed by atoms with Gasteiger partial charge in [0.15, 0.2) is 11.5 Å². The first-order valence-corrected chi connectivity index (χ1v) is 6.63. The molecule has 1 fully saturated rings. The molecule has 0 radical (unpaired) electrons. The van der Waals surface area contributed by atoms with Crippen LogP contribution in [0.4, 0.5) is 0 Å². The van der Waals surface area contributed by atoms with Crippen molar-refractivity contribution in [2.45, 2.75) is 6.54 Å². The van der Waals surface area contributed by atoms with Crippen LogP contribution in [0.5, 0.6) is 17.2 Å². The predicted molar refractivity (Wildman–Crippen MR) is 74.7 cm³/mol. The Morgan fingerprint density at radius 1 is 0.950 bits per heavy atom. The third-order valence-corrected chi connectivity index (χ3v) is 3.53. The summed E-state index contributed by atoms with van der Waals surface area (Å²) in [6.07, 6.45) is 0. The van der Waals surface area contributed by atoms with Crippen molar-refractivity contribution in [3.63, 3.8) is 0 Å². The summed E-state index contributed by atoms with van der Waals surface area (Å²) in [4.78, 5) is 2.27. The Kier molecular flexibility index (Phi) is 5.05. The van der Waals surface area contributed by atoms with Crippen molar-refractivity contribution >= 4 is 0 Å². The molecule has 1 aromatic rings. The van der Waals surface area contributed by atoms with Gasteiger partial charge in [0, 0.05) is 38.3 Å². The minimum atomic E-state index is 0.619. The first-order valence-electron chi connectivity index (χ1n) is 6.63. The molecule has 0 unspecified atom stereocenters. The Labute approximate surface area is 119 Å². The van der Waals surface area contributed by atoms with Crippen molar-refractivity contribution in [1.82, 2.24) is 9.96 Å². The van der Waals surface area contributed by atoms with Gasteiger partial charge in [-0.2, -0.15) is 5.06 Å². The van der Waals surface area contributed by atoms with Crippen molar-refractivity contribution in [3.05, 3.63) is 17.7 Å². The first kappa shape index (κ1) is 14.9. The molecule has 0 spiro atoms. The second kappa shape index (κ2) is 6.78. The maximum absolute atomic E-state index is 9.39. The molecule has 1 aliphatic heterocycles. The number of hydroxylamine groups is 2. The van der Waals surface area contributed by atoms with Gasteiger partial charge in [0.25, 0.3) is 0 Å². The zero-order chi connectivity index (χ0) is 14.5. The van der Waals surface area contributed by atoms with E-state index < -0.39 is 0 Å². The minimum absolute atomic E-state index is 0.619. The number of piperazine rings is 1. The molecular weight excluding hydrogens is 260 g/mol. The molecule has 112 valence electrons. The minimum Gasteiger partial charge on any atom is -0.493 e. The monoisotopic (exact) mass is 282 g/mol. The van der Waals surface area contributed by atoms with Crippen molar-refractivity contribution in [2.24, 2.45) is 0 Å². The van der Waals surface area contributed by atoms with Gasteiger partial charge in [0.05, 0.1) is 21.3 Å². The summed E-state index contributed by atoms with van der Waals surface area (Å²) in [6.45, 7) is 3.74. The van der Waals surface area contributed by atoms with E-state index in [9.17, 15) is 5.21 Å². The molecule has 1 aliphatic rings. The van der Waals surface area contributed by atoms with Crippen molar-refractivity contribution in [1.29, 1.82) is 0 Å². The number of nitrogens with zero attached hydrogens (tertiary/aromatic N) is 2. The number of benzene rings is 1. The van der Waals surface area contributed by atoms with Crippen LogP contribution in [0.2, 0.25) is 0 Å². The quantitative estimate of drug-likeness (QED) is 0.876. The van der Waals surface area contributed by atoms with Gasteiger partial charge in [-0.25, -0.2) is 0 Å². The SMILES string of the molecule is COc1ccc(CN2CCN(O)CC2)c(OC)c1OC. The highest BCUT2D eigenvalue weighted by Gasteiger charge is 2.20. The van der Waals surface area contributed by atoms with Crippen molar-refractivity contribution in [3.8, 4) is 17.2 Å². The van der Waals surface area contributed by atoms with Gasteiger partial charge < -0.3 is 19.4 Å². The fraction of sp³-hybridized carbons (Fsp3) is 0.571. The number of ether oxygens (including phenoxy) is 3. The third kappa shape index (κ3) is 3.15. The van der Waals surface area contributed by atoms with E-state index in [4.69, 9.17) is 14.2 Å². The van der Waals surface area contributed by atoms with Gasteiger partial charge >= 0.3 is 0 Å². The van der Waals surface area contributed by atoms with Crippen LogP contribution in [0, 0.1) is 0 Å². The van der Waals surface area contributed by atoms with E-state index in [-0.39, 0.29) is 0 Å². The average Bonchev–Trinajstić information content (AvgIpc) is 2.48. The normalized spacial score (nSPS) is 17.0. The molecule has 1 saturated heterocycles. The van der Waals surface area contributed by atoms with E-state index >= 15 is 0 Å². The molecule has 1 N–H and O–H groups in total. The van der Waals surface area contributed by atoms with Crippen LogP contribution in [0.25, 0.3) is 0 Å². The summed E-state index contributed by atoms with van der Waals surface area (Å²) < 4.78 is 16.1. The van der Waals surface area contributed by atoms with Crippen LogP contribution >= 0.6 is 0 Å². The molecular formula is C14H22N2O4. The highest BCUT2D eigenvalue weighted by molar-refractivity contribution is 5.55. The second-order valence-electron chi connectivity index (χ2n) is 4.72. The Hall–Kier alpha value is -1.50. The lowest BCUT2D eigenvalue weighted by Crippen LogP contribution is -2.44. The van der Waals surface area contributed by atoms with E-state index in [1.54, 1.807) is 21.3 Å². The lowest BCUT2D eigenvalue weighted by Gasteiger charge is -2.31. The molecule has 2 rings (SSSR count). The fourth-order valence-electron chi connectivity index (χ4n) is 2.42. The smallest absolute Gasteiger partial charge is 0.203 e. The Balaban J connectivity index is 2.19. The van der Waals surface area contributed by atoms with Crippen LogP contribution < -0.4 is 14.2 Å². The van der Waals surface area contributed by atoms with Crippen LogP contribution in [0.3, 0.4) is 0 Å². The summed E-state index contributed by atoms with van der Waals surface area (Å²) >= 11 is 0. The molecule has 0 amide bonds. The second-order valence-corrected chi connectivity index (χ2v) is 4.72. The molecule has 6 heteroatoms. The Morgan fingerprint density at radius 3 is 2.15 bits per heavy atom. The average molecular weight is 282 g/mol. The Bertz CT molecular complexity index is 445. The van der Waals surface area contributed by atoms with Crippen molar-refractivity contribution < 1.29 is 19.4 Å². The van der Waals surface area contributed by atoms with Gasteiger partial charge in [0.1, 0.15) is 0 Å². The van der Waals surface area contributed by atoms with E-state index in [1.807, 2.05) is 12.1 Å². The van der Waals surface area contributed by atoms with E-state index in [2.05, 4.69) is 4.90 Å². The summed E-state index contributed by atoms with van der Waals surface area (Å²) in [5.74, 6) is 1.99. The van der Waals surface area contributed by atoms with Gasteiger partial charge in [-0.15, -0.1) is 0 Å². The lowest BCUT2D eigenvalue weighted by atomic mass is 10.1. The van der Waals surface area contributed by atoms with E-state index in [0.29, 0.717) is 30.3 Å². The molecule has 1 heterocycles. The van der Waals surface area contributed by atoms with Crippen LogP contribution in [-0.4, -0.2) is 62.7 Å². The molecule has 0 saturated carbocycles. The molecule has 20 heavy (non-hydrogen) atoms. The van der Waals surface area contributed by atoms with Crippen molar-refractivity contribution in [2.75, 3.05) is 47.5 Å². The predicted octanol–water partition coefficient (Wildman–Crippen LogP) is 1.22. The molecule has 0 aliphatic carbocycles. The van der Waals surface area contributed by atoms with Crippen LogP contribution in [0.1, 0.15) is 5.56 Å². The van der Waals surface area contributed by atoms with Gasteiger partial charge in [-0.05, 0) is 6.07 Å². The summed E-state index contributed by atoms with van der Waals surface area (Å²) in [6, 6.07) is 3.88. The molecule has 0 aromatic heterocycles. The van der Waals surface area contributed by atoms with Gasteiger partial charge in [0.2, 0.25) is 5.75 Å². The maximum atomic E-state index is 9.39. The van der Waals surface area contributed by atoms with Gasteiger partial charge in [-0.3, -0.25) is 4.90 Å². The fourth-order valence-corrected chi connectivity index (χ4v) is 2.42. The summed E-state index contributed by atoms with van der Waals surface area (Å²) in [7, 11) is 4.85. The van der Waals surface area contributed by atoms with Crippen LogP contribution in [0.15, 0.2) is 12.1 Å². The number of hydrogen-bond donors (Lipinski definition) is 1. The summed E-state index contributed by atoms with van der Waals surface area (Å²) in [5, 5.41) is 10.7.